The van der Waals surface area contributed by atoms with E-state index in [9.17, 15) is 5.11 Å². The number of rotatable bonds is 2. The second-order valence-corrected chi connectivity index (χ2v) is 6.42. The molecule has 3 heteroatoms. The van der Waals surface area contributed by atoms with Gasteiger partial charge in [0.15, 0.2) is 0 Å². The van der Waals surface area contributed by atoms with E-state index in [1.807, 2.05) is 18.2 Å². The van der Waals surface area contributed by atoms with E-state index in [1.165, 1.54) is 11.3 Å². The fourth-order valence-electron chi connectivity index (χ4n) is 2.95. The Labute approximate surface area is 128 Å². The fraction of sp³-hybridized carbons (Fsp3) is 0.294. The van der Waals surface area contributed by atoms with Crippen LogP contribution in [0.3, 0.4) is 0 Å². The molecule has 1 N–H and O–H groups in total. The molecule has 104 valence electrons. The summed E-state index contributed by atoms with van der Waals surface area (Å²) >= 11 is 3.39. The van der Waals surface area contributed by atoms with Gasteiger partial charge in [-0.1, -0.05) is 37.3 Å². The molecule has 1 unspecified atom stereocenters. The molecule has 2 aromatic rings. The molecule has 2 aromatic carbocycles. The summed E-state index contributed by atoms with van der Waals surface area (Å²) in [6.45, 7) is 4.05. The van der Waals surface area contributed by atoms with Gasteiger partial charge in [-0.2, -0.15) is 0 Å². The molecule has 0 spiro atoms. The number of hydrogen-bond acceptors (Lipinski definition) is 2. The van der Waals surface area contributed by atoms with E-state index in [0.29, 0.717) is 11.7 Å². The number of phenols is 1. The molecule has 0 radical (unpaired) electrons. The molecule has 1 heterocycles. The number of nitrogens with zero attached hydrogens (tertiary/aromatic N) is 1. The molecule has 0 aromatic heterocycles. The van der Waals surface area contributed by atoms with E-state index in [0.717, 1.165) is 29.5 Å². The van der Waals surface area contributed by atoms with Crippen LogP contribution in [0.25, 0.3) is 0 Å². The first kappa shape index (κ1) is 13.5. The highest BCUT2D eigenvalue weighted by Crippen LogP contribution is 2.34. The number of halogens is 1. The molecule has 0 bridgehead atoms. The number of fused-ring (bicyclic) bond motifs is 1. The van der Waals surface area contributed by atoms with Gasteiger partial charge < -0.3 is 10.0 Å². The van der Waals surface area contributed by atoms with Crippen LogP contribution in [0.15, 0.2) is 46.9 Å². The zero-order valence-electron chi connectivity index (χ0n) is 11.5. The smallest absolute Gasteiger partial charge is 0.134 e. The molecule has 2 nitrogen and oxygen atoms in total. The van der Waals surface area contributed by atoms with E-state index < -0.39 is 0 Å². The maximum absolute atomic E-state index is 10.2. The Morgan fingerprint density at radius 3 is 2.85 bits per heavy atom. The highest BCUT2D eigenvalue weighted by Gasteiger charge is 2.22. The lowest BCUT2D eigenvalue weighted by atomic mass is 9.93. The molecule has 0 fully saturated rings. The van der Waals surface area contributed by atoms with Crippen molar-refractivity contribution < 1.29 is 5.11 Å². The number of phenolic OH excluding ortho intramolecular Hbond substituents is 1. The first-order valence-electron chi connectivity index (χ1n) is 6.94. The molecular weight excluding hydrogens is 314 g/mol. The van der Waals surface area contributed by atoms with Gasteiger partial charge in [0, 0.05) is 24.3 Å². The summed E-state index contributed by atoms with van der Waals surface area (Å²) in [4.78, 5) is 2.37. The van der Waals surface area contributed by atoms with Gasteiger partial charge >= 0.3 is 0 Å². The van der Waals surface area contributed by atoms with Crippen LogP contribution in [0.2, 0.25) is 0 Å². The van der Waals surface area contributed by atoms with Crippen LogP contribution in [-0.4, -0.2) is 11.7 Å². The molecule has 0 saturated heterocycles. The Bertz CT molecular complexity index is 626. The molecule has 1 aliphatic heterocycles. The first-order valence-corrected chi connectivity index (χ1v) is 7.73. The molecule has 0 amide bonds. The van der Waals surface area contributed by atoms with Gasteiger partial charge in [0.1, 0.15) is 5.75 Å². The van der Waals surface area contributed by atoms with Crippen molar-refractivity contribution in [2.45, 2.75) is 19.9 Å². The van der Waals surface area contributed by atoms with E-state index in [2.05, 4.69) is 52.0 Å². The highest BCUT2D eigenvalue weighted by atomic mass is 79.9. The van der Waals surface area contributed by atoms with Crippen molar-refractivity contribution in [3.8, 4) is 5.75 Å². The van der Waals surface area contributed by atoms with Crippen LogP contribution < -0.4 is 4.90 Å². The van der Waals surface area contributed by atoms with Gasteiger partial charge in [-0.25, -0.2) is 0 Å². The predicted octanol–water partition coefficient (Wildman–Crippen LogP) is 4.35. The summed E-state index contributed by atoms with van der Waals surface area (Å²) < 4.78 is 0.758. The third kappa shape index (κ3) is 2.55. The SMILES string of the molecule is CC1Cc2ccccc2N(Cc2cccc(Br)c2O)C1. The number of aromatic hydroxyl groups is 1. The van der Waals surface area contributed by atoms with Crippen LogP contribution in [0, 0.1) is 5.92 Å². The van der Waals surface area contributed by atoms with Crippen LogP contribution in [0.4, 0.5) is 5.69 Å². The summed E-state index contributed by atoms with van der Waals surface area (Å²) in [5, 5.41) is 10.2. The highest BCUT2D eigenvalue weighted by molar-refractivity contribution is 9.10. The summed E-state index contributed by atoms with van der Waals surface area (Å²) in [5.74, 6) is 0.988. The van der Waals surface area contributed by atoms with Gasteiger partial charge in [0.25, 0.3) is 0 Å². The average Bonchev–Trinajstić information content (AvgIpc) is 2.43. The second-order valence-electron chi connectivity index (χ2n) is 5.57. The van der Waals surface area contributed by atoms with E-state index >= 15 is 0 Å². The normalized spacial score (nSPS) is 17.9. The summed E-state index contributed by atoms with van der Waals surface area (Å²) in [5.41, 5.74) is 3.66. The van der Waals surface area contributed by atoms with Gasteiger partial charge in [-0.3, -0.25) is 0 Å². The second kappa shape index (κ2) is 5.49. The molecule has 1 atom stereocenters. The third-order valence-electron chi connectivity index (χ3n) is 3.86. The van der Waals surface area contributed by atoms with Crippen molar-refractivity contribution in [3.63, 3.8) is 0 Å². The Kier molecular flexibility index (Phi) is 3.70. The standard InChI is InChI=1S/C17H18BrNO/c1-12-9-13-5-2-3-8-16(13)19(10-12)11-14-6-4-7-15(18)17(14)20/h2-8,12,20H,9-11H2,1H3. The van der Waals surface area contributed by atoms with Gasteiger partial charge in [-0.05, 0) is 46.0 Å². The summed E-state index contributed by atoms with van der Waals surface area (Å²) in [6, 6.07) is 14.4. The van der Waals surface area contributed by atoms with Crippen LogP contribution in [0.5, 0.6) is 5.75 Å². The monoisotopic (exact) mass is 331 g/mol. The largest absolute Gasteiger partial charge is 0.506 e. The van der Waals surface area contributed by atoms with E-state index in [4.69, 9.17) is 0 Å². The van der Waals surface area contributed by atoms with Crippen LogP contribution in [0.1, 0.15) is 18.1 Å². The lowest BCUT2D eigenvalue weighted by molar-refractivity contribution is 0.460. The Morgan fingerprint density at radius 1 is 1.20 bits per heavy atom. The number of para-hydroxylation sites is 2. The molecule has 1 aliphatic rings. The Hall–Kier alpha value is -1.48. The zero-order valence-corrected chi connectivity index (χ0v) is 13.1. The lowest BCUT2D eigenvalue weighted by Crippen LogP contribution is -2.33. The molecule has 3 rings (SSSR count). The Balaban J connectivity index is 1.93. The lowest BCUT2D eigenvalue weighted by Gasteiger charge is -2.35. The topological polar surface area (TPSA) is 23.5 Å². The summed E-state index contributed by atoms with van der Waals surface area (Å²) in [7, 11) is 0. The molecule has 20 heavy (non-hydrogen) atoms. The summed E-state index contributed by atoms with van der Waals surface area (Å²) in [6.07, 6.45) is 1.14. The van der Waals surface area contributed by atoms with E-state index in [-0.39, 0.29) is 0 Å². The van der Waals surface area contributed by atoms with Crippen LogP contribution in [-0.2, 0) is 13.0 Å². The maximum atomic E-state index is 10.2. The third-order valence-corrected chi connectivity index (χ3v) is 4.50. The molecule has 0 aliphatic carbocycles. The molecule has 0 saturated carbocycles. The van der Waals surface area contributed by atoms with Gasteiger partial charge in [0.05, 0.1) is 4.47 Å². The predicted molar refractivity (Wildman–Crippen MR) is 86.2 cm³/mol. The first-order chi connectivity index (χ1) is 9.65. The minimum atomic E-state index is 0.350. The average molecular weight is 332 g/mol. The van der Waals surface area contributed by atoms with Crippen molar-refractivity contribution in [3.05, 3.63) is 58.1 Å². The molecular formula is C17H18BrNO. The van der Waals surface area contributed by atoms with E-state index in [1.54, 1.807) is 0 Å². The van der Waals surface area contributed by atoms with Crippen LogP contribution >= 0.6 is 15.9 Å². The number of hydrogen-bond donors (Lipinski definition) is 1. The fourth-order valence-corrected chi connectivity index (χ4v) is 3.36. The zero-order chi connectivity index (χ0) is 14.1. The van der Waals surface area contributed by atoms with Crippen molar-refractivity contribution in [2.75, 3.05) is 11.4 Å². The van der Waals surface area contributed by atoms with Gasteiger partial charge in [0.2, 0.25) is 0 Å². The quantitative estimate of drug-likeness (QED) is 0.884. The van der Waals surface area contributed by atoms with Crippen molar-refractivity contribution in [1.82, 2.24) is 0 Å². The minimum absolute atomic E-state index is 0.350. The van der Waals surface area contributed by atoms with Gasteiger partial charge in [-0.15, -0.1) is 0 Å². The Morgan fingerprint density at radius 2 is 2.00 bits per heavy atom. The van der Waals surface area contributed by atoms with Crippen molar-refractivity contribution in [1.29, 1.82) is 0 Å². The van der Waals surface area contributed by atoms with Crippen molar-refractivity contribution >= 4 is 21.6 Å². The number of benzene rings is 2. The number of anilines is 1. The maximum Gasteiger partial charge on any atom is 0.134 e. The van der Waals surface area contributed by atoms with Crippen molar-refractivity contribution in [2.24, 2.45) is 5.92 Å². The minimum Gasteiger partial charge on any atom is -0.506 e.